The van der Waals surface area contributed by atoms with Crippen LogP contribution in [0.5, 0.6) is 0 Å². The maximum absolute atomic E-state index is 13.7. The van der Waals surface area contributed by atoms with Crippen LogP contribution in [-0.4, -0.2) is 113 Å². The summed E-state index contributed by atoms with van der Waals surface area (Å²) in [6.45, 7) is 14.4. The molecule has 0 saturated carbocycles. The zero-order chi connectivity index (χ0) is 44.3. The van der Waals surface area contributed by atoms with Gasteiger partial charge in [-0.2, -0.15) is 0 Å². The number of benzene rings is 1. The molecule has 18 nitrogen and oxygen atoms in total. The highest BCUT2D eigenvalue weighted by Gasteiger charge is 2.34. The molecule has 0 heterocycles. The standard InChI is InChI=1S/C40H66N8O10/c1-21(2)15-27(43-32(50)19-42-34(51)25(9)41)37(54)48-33(24(7)8)39(56)45-28(16-22(3)4)35(52)47-31(20-49)38(55)44-29(18-26-13-11-10-12-14-26)36(53)46-30(40(57)58)17-23(5)6/h10-14,21-25,27-31,33,49H,15-20,41H2,1-9H3,(H,42,51)(H,43,50)(H,44,55)(H,45,56)(H,46,53)(H,47,52)(H,48,54)(H,57,58)/t25-,27-,28-,29-,30-,31-,33-/m0/s1. The molecule has 326 valence electrons. The van der Waals surface area contributed by atoms with Gasteiger partial charge in [-0.05, 0) is 55.4 Å². The van der Waals surface area contributed by atoms with Crippen LogP contribution in [0, 0.1) is 23.7 Å². The molecule has 0 aromatic heterocycles. The van der Waals surface area contributed by atoms with Crippen LogP contribution < -0.4 is 43.0 Å². The number of aliphatic hydroxyl groups is 1. The van der Waals surface area contributed by atoms with Gasteiger partial charge in [-0.3, -0.25) is 33.6 Å². The van der Waals surface area contributed by atoms with Crippen molar-refractivity contribution in [2.75, 3.05) is 13.2 Å². The predicted octanol–water partition coefficient (Wildman–Crippen LogP) is -0.527. The molecule has 0 bridgehead atoms. The van der Waals surface area contributed by atoms with Gasteiger partial charge in [0, 0.05) is 6.42 Å². The summed E-state index contributed by atoms with van der Waals surface area (Å²) in [5.41, 5.74) is 6.18. The topological polar surface area (TPSA) is 287 Å². The van der Waals surface area contributed by atoms with Gasteiger partial charge in [0.05, 0.1) is 19.2 Å². The van der Waals surface area contributed by atoms with Crippen molar-refractivity contribution in [2.24, 2.45) is 29.4 Å². The zero-order valence-corrected chi connectivity index (χ0v) is 35.2. The Bertz CT molecular complexity index is 1540. The average Bonchev–Trinajstić information content (AvgIpc) is 3.13. The smallest absolute Gasteiger partial charge is 0.326 e. The molecular weight excluding hydrogens is 752 g/mol. The first-order valence-electron chi connectivity index (χ1n) is 19.8. The molecule has 7 amide bonds. The molecule has 1 aromatic rings. The summed E-state index contributed by atoms with van der Waals surface area (Å²) in [5, 5.41) is 37.7. The van der Waals surface area contributed by atoms with E-state index in [-0.39, 0.29) is 43.4 Å². The third-order valence-electron chi connectivity index (χ3n) is 8.84. The Morgan fingerprint density at radius 3 is 1.47 bits per heavy atom. The Morgan fingerprint density at radius 2 is 0.983 bits per heavy atom. The van der Waals surface area contributed by atoms with E-state index in [1.54, 1.807) is 71.9 Å². The third kappa shape index (κ3) is 18.9. The number of carboxylic acid groups (broad SMARTS) is 1. The predicted molar refractivity (Wildman–Crippen MR) is 216 cm³/mol. The van der Waals surface area contributed by atoms with Gasteiger partial charge in [0.1, 0.15) is 36.3 Å². The average molecular weight is 819 g/mol. The summed E-state index contributed by atoms with van der Waals surface area (Å²) in [6, 6.07) is 0.281. The second kappa shape index (κ2) is 25.3. The summed E-state index contributed by atoms with van der Waals surface area (Å²) in [6.07, 6.45) is 0.414. The number of carbonyl (C=O) groups excluding carboxylic acids is 7. The first kappa shape index (κ1) is 50.9. The minimum Gasteiger partial charge on any atom is -0.480 e. The molecule has 1 rings (SSSR count). The van der Waals surface area contributed by atoms with E-state index in [2.05, 4.69) is 37.2 Å². The summed E-state index contributed by atoms with van der Waals surface area (Å²) < 4.78 is 0. The highest BCUT2D eigenvalue weighted by atomic mass is 16.4. The van der Waals surface area contributed by atoms with Crippen molar-refractivity contribution in [3.63, 3.8) is 0 Å². The molecular formula is C40H66N8O10. The third-order valence-corrected chi connectivity index (χ3v) is 8.84. The Hall–Kier alpha value is -5.10. The fraction of sp³-hybridized carbons (Fsp3) is 0.650. The Kier molecular flexibility index (Phi) is 22.2. The number of amides is 7. The van der Waals surface area contributed by atoms with Crippen molar-refractivity contribution in [3.05, 3.63) is 35.9 Å². The van der Waals surface area contributed by atoms with Gasteiger partial charge in [-0.1, -0.05) is 85.7 Å². The van der Waals surface area contributed by atoms with Gasteiger partial charge in [0.15, 0.2) is 0 Å². The van der Waals surface area contributed by atoms with E-state index in [9.17, 15) is 48.6 Å². The van der Waals surface area contributed by atoms with Gasteiger partial charge in [0.2, 0.25) is 41.4 Å². The molecule has 0 saturated heterocycles. The highest BCUT2D eigenvalue weighted by molar-refractivity contribution is 5.97. The quantitative estimate of drug-likeness (QED) is 0.0599. The van der Waals surface area contributed by atoms with Gasteiger partial charge in [-0.25, -0.2) is 4.79 Å². The highest BCUT2D eigenvalue weighted by Crippen LogP contribution is 2.12. The SMILES string of the molecule is CC(C)C[C@H](NC(=O)[C@H](Cc1ccccc1)NC(=O)[C@H](CO)NC(=O)[C@H](CC(C)C)NC(=O)[C@@H](NC(=O)[C@H](CC(C)C)NC(=O)CNC(=O)[C@H](C)N)C(C)C)C(=O)O. The zero-order valence-electron chi connectivity index (χ0n) is 35.2. The summed E-state index contributed by atoms with van der Waals surface area (Å²) in [4.78, 5) is 104. The van der Waals surface area contributed by atoms with Gasteiger partial charge >= 0.3 is 5.97 Å². The first-order chi connectivity index (χ1) is 27.0. The Balaban J connectivity index is 3.22. The summed E-state index contributed by atoms with van der Waals surface area (Å²) >= 11 is 0. The van der Waals surface area contributed by atoms with E-state index >= 15 is 0 Å². The van der Waals surface area contributed by atoms with Crippen LogP contribution in [0.15, 0.2) is 30.3 Å². The van der Waals surface area contributed by atoms with Gasteiger partial charge < -0.3 is 53.2 Å². The van der Waals surface area contributed by atoms with Gasteiger partial charge in [-0.15, -0.1) is 0 Å². The number of carboxylic acids is 1. The molecule has 1 aromatic carbocycles. The van der Waals surface area contributed by atoms with Crippen molar-refractivity contribution in [1.29, 1.82) is 0 Å². The number of carbonyl (C=O) groups is 8. The molecule has 0 aliphatic heterocycles. The number of nitrogens with two attached hydrogens (primary N) is 1. The molecule has 0 spiro atoms. The summed E-state index contributed by atoms with van der Waals surface area (Å²) in [7, 11) is 0. The van der Waals surface area contributed by atoms with Crippen molar-refractivity contribution < 1.29 is 48.6 Å². The second-order valence-corrected chi connectivity index (χ2v) is 16.2. The first-order valence-corrected chi connectivity index (χ1v) is 19.8. The molecule has 11 N–H and O–H groups in total. The van der Waals surface area contributed by atoms with Crippen LogP contribution in [-0.2, 0) is 44.8 Å². The normalized spacial score (nSPS) is 14.9. The molecule has 7 atom stereocenters. The molecule has 0 aliphatic carbocycles. The number of rotatable bonds is 25. The van der Waals surface area contributed by atoms with Crippen molar-refractivity contribution in [3.8, 4) is 0 Å². The van der Waals surface area contributed by atoms with Crippen molar-refractivity contribution in [1.82, 2.24) is 37.2 Å². The van der Waals surface area contributed by atoms with Gasteiger partial charge in [0.25, 0.3) is 0 Å². The van der Waals surface area contributed by atoms with E-state index in [1.807, 2.05) is 13.8 Å². The van der Waals surface area contributed by atoms with Crippen molar-refractivity contribution in [2.45, 2.75) is 130 Å². The fourth-order valence-corrected chi connectivity index (χ4v) is 5.79. The minimum absolute atomic E-state index is 0.0291. The minimum atomic E-state index is -1.57. The molecule has 0 fully saturated rings. The number of aliphatic hydroxyl groups excluding tert-OH is 1. The van der Waals surface area contributed by atoms with E-state index in [0.717, 1.165) is 0 Å². The fourth-order valence-electron chi connectivity index (χ4n) is 5.79. The maximum atomic E-state index is 13.7. The number of hydrogen-bond donors (Lipinski definition) is 10. The Morgan fingerprint density at radius 1 is 0.552 bits per heavy atom. The molecule has 0 aliphatic rings. The van der Waals surface area contributed by atoms with Crippen LogP contribution in [0.2, 0.25) is 0 Å². The molecule has 0 unspecified atom stereocenters. The van der Waals surface area contributed by atoms with E-state index in [4.69, 9.17) is 5.73 Å². The van der Waals surface area contributed by atoms with Crippen LogP contribution in [0.3, 0.4) is 0 Å². The van der Waals surface area contributed by atoms with E-state index < -0.39 is 109 Å². The lowest BCUT2D eigenvalue weighted by atomic mass is 9.98. The lowest BCUT2D eigenvalue weighted by Crippen LogP contribution is -2.61. The molecule has 58 heavy (non-hydrogen) atoms. The number of aliphatic carboxylic acids is 1. The maximum Gasteiger partial charge on any atom is 0.326 e. The molecule has 18 heteroatoms. The van der Waals surface area contributed by atoms with Crippen LogP contribution >= 0.6 is 0 Å². The van der Waals surface area contributed by atoms with E-state index in [0.29, 0.717) is 5.56 Å². The van der Waals surface area contributed by atoms with Crippen molar-refractivity contribution >= 4 is 47.3 Å². The number of nitrogens with one attached hydrogen (secondary N) is 7. The molecule has 0 radical (unpaired) electrons. The Labute approximate surface area is 341 Å². The van der Waals surface area contributed by atoms with Crippen LogP contribution in [0.25, 0.3) is 0 Å². The van der Waals surface area contributed by atoms with Crippen LogP contribution in [0.1, 0.15) is 87.1 Å². The largest absolute Gasteiger partial charge is 0.480 e. The van der Waals surface area contributed by atoms with Crippen LogP contribution in [0.4, 0.5) is 0 Å². The lowest BCUT2D eigenvalue weighted by Gasteiger charge is -2.29. The summed E-state index contributed by atoms with van der Waals surface area (Å²) in [5.74, 6) is -7.10. The lowest BCUT2D eigenvalue weighted by molar-refractivity contribution is -0.142. The van der Waals surface area contributed by atoms with E-state index in [1.165, 1.54) is 6.92 Å². The number of hydrogen-bond acceptors (Lipinski definition) is 10. The second-order valence-electron chi connectivity index (χ2n) is 16.2. The monoisotopic (exact) mass is 818 g/mol.